The molecule has 0 bridgehead atoms. The van der Waals surface area contributed by atoms with Crippen LogP contribution in [-0.2, 0) is 13.2 Å². The van der Waals surface area contributed by atoms with Crippen LogP contribution in [0.25, 0.3) is 21.9 Å². The molecular weight excluding hydrogens is 346 g/mol. The fourth-order valence-electron chi connectivity index (χ4n) is 3.20. The number of fused-ring (bicyclic) bond motifs is 3. The SMILES string of the molecule is Nc1nc2ccccc2c2c1nc(CO)n2Cc1ccc(NC(=O)O)cc1. The lowest BCUT2D eigenvalue weighted by molar-refractivity contribution is 0.209. The number of carbonyl (C=O) groups is 1. The van der Waals surface area contributed by atoms with E-state index in [1.807, 2.05) is 41.0 Å². The maximum Gasteiger partial charge on any atom is 0.409 e. The highest BCUT2D eigenvalue weighted by molar-refractivity contribution is 6.06. The van der Waals surface area contributed by atoms with E-state index in [4.69, 9.17) is 10.8 Å². The van der Waals surface area contributed by atoms with Crippen LogP contribution < -0.4 is 11.1 Å². The van der Waals surface area contributed by atoms with Crippen LogP contribution in [0.1, 0.15) is 11.4 Å². The van der Waals surface area contributed by atoms with Gasteiger partial charge in [0.15, 0.2) is 5.82 Å². The van der Waals surface area contributed by atoms with Crippen molar-refractivity contribution in [1.29, 1.82) is 0 Å². The normalized spacial score (nSPS) is 11.1. The summed E-state index contributed by atoms with van der Waals surface area (Å²) in [4.78, 5) is 19.6. The van der Waals surface area contributed by atoms with E-state index in [1.165, 1.54) is 0 Å². The van der Waals surface area contributed by atoms with Gasteiger partial charge in [0.05, 0.1) is 11.0 Å². The van der Waals surface area contributed by atoms with E-state index in [1.54, 1.807) is 12.1 Å². The van der Waals surface area contributed by atoms with Crippen LogP contribution in [-0.4, -0.2) is 30.8 Å². The van der Waals surface area contributed by atoms with Crippen LogP contribution in [0.4, 0.5) is 16.3 Å². The Kier molecular flexibility index (Phi) is 4.09. The molecule has 8 nitrogen and oxygen atoms in total. The third-order valence-corrected chi connectivity index (χ3v) is 4.38. The number of aromatic nitrogens is 3. The summed E-state index contributed by atoms with van der Waals surface area (Å²) in [7, 11) is 0. The van der Waals surface area contributed by atoms with Gasteiger partial charge in [0.1, 0.15) is 17.9 Å². The first-order chi connectivity index (χ1) is 13.1. The molecule has 0 saturated heterocycles. The van der Waals surface area contributed by atoms with Gasteiger partial charge in [-0.25, -0.2) is 14.8 Å². The average Bonchev–Trinajstić information content (AvgIpc) is 3.02. The highest BCUT2D eigenvalue weighted by atomic mass is 16.4. The van der Waals surface area contributed by atoms with Gasteiger partial charge in [0, 0.05) is 17.6 Å². The van der Waals surface area contributed by atoms with Gasteiger partial charge in [-0.3, -0.25) is 5.32 Å². The van der Waals surface area contributed by atoms with Crippen molar-refractivity contribution in [1.82, 2.24) is 14.5 Å². The number of aliphatic hydroxyl groups excluding tert-OH is 1. The number of pyridine rings is 1. The van der Waals surface area contributed by atoms with Crippen molar-refractivity contribution in [3.05, 3.63) is 59.9 Å². The molecule has 0 aliphatic rings. The number of anilines is 2. The van der Waals surface area contributed by atoms with Crippen LogP contribution >= 0.6 is 0 Å². The number of carboxylic acid groups (broad SMARTS) is 1. The second kappa shape index (κ2) is 6.58. The predicted molar refractivity (Wildman–Crippen MR) is 103 cm³/mol. The molecule has 0 aliphatic carbocycles. The quantitative estimate of drug-likeness (QED) is 0.442. The molecule has 8 heteroatoms. The number of hydrogen-bond acceptors (Lipinski definition) is 5. The smallest absolute Gasteiger partial charge is 0.409 e. The summed E-state index contributed by atoms with van der Waals surface area (Å²) in [5.41, 5.74) is 9.64. The number of nitrogens with one attached hydrogen (secondary N) is 1. The number of amides is 1. The van der Waals surface area contributed by atoms with Crippen LogP contribution in [0, 0.1) is 0 Å². The Hall–Kier alpha value is -3.65. The average molecular weight is 363 g/mol. The van der Waals surface area contributed by atoms with Crippen molar-refractivity contribution in [2.24, 2.45) is 0 Å². The van der Waals surface area contributed by atoms with Gasteiger partial charge in [0.25, 0.3) is 0 Å². The lowest BCUT2D eigenvalue weighted by Gasteiger charge is -2.11. The molecule has 5 N–H and O–H groups in total. The van der Waals surface area contributed by atoms with E-state index in [-0.39, 0.29) is 6.61 Å². The van der Waals surface area contributed by atoms with Crippen molar-refractivity contribution in [2.75, 3.05) is 11.1 Å². The Balaban J connectivity index is 1.84. The minimum absolute atomic E-state index is 0.235. The van der Waals surface area contributed by atoms with Gasteiger partial charge in [-0.1, -0.05) is 30.3 Å². The van der Waals surface area contributed by atoms with E-state index < -0.39 is 6.09 Å². The lowest BCUT2D eigenvalue weighted by atomic mass is 10.1. The van der Waals surface area contributed by atoms with Gasteiger partial charge >= 0.3 is 6.09 Å². The molecule has 0 aliphatic heterocycles. The summed E-state index contributed by atoms with van der Waals surface area (Å²) in [5.74, 6) is 0.806. The van der Waals surface area contributed by atoms with E-state index in [0.29, 0.717) is 29.4 Å². The van der Waals surface area contributed by atoms with E-state index >= 15 is 0 Å². The van der Waals surface area contributed by atoms with E-state index in [2.05, 4.69) is 15.3 Å². The summed E-state index contributed by atoms with van der Waals surface area (Å²) >= 11 is 0. The minimum Gasteiger partial charge on any atom is -0.465 e. The first kappa shape index (κ1) is 16.8. The Morgan fingerprint density at radius 1 is 1.11 bits per heavy atom. The summed E-state index contributed by atoms with van der Waals surface area (Å²) in [6, 6.07) is 14.7. The fraction of sp³-hybridized carbons (Fsp3) is 0.105. The number of para-hydroxylation sites is 1. The highest BCUT2D eigenvalue weighted by Crippen LogP contribution is 2.29. The Labute approximate surface area is 153 Å². The summed E-state index contributed by atoms with van der Waals surface area (Å²) in [6.45, 7) is 0.217. The fourth-order valence-corrected chi connectivity index (χ4v) is 3.20. The number of rotatable bonds is 4. The van der Waals surface area contributed by atoms with Crippen molar-refractivity contribution in [2.45, 2.75) is 13.2 Å². The molecule has 2 aromatic heterocycles. The molecule has 0 spiro atoms. The lowest BCUT2D eigenvalue weighted by Crippen LogP contribution is -2.08. The standard InChI is InChI=1S/C19H17N5O3/c20-18-16-17(13-3-1-2-4-14(13)22-18)24(15(10-25)23-16)9-11-5-7-12(8-6-11)21-19(26)27/h1-8,21,25H,9-10H2,(H2,20,22)(H,26,27). The number of hydrogen-bond donors (Lipinski definition) is 4. The molecule has 0 radical (unpaired) electrons. The molecule has 4 aromatic rings. The summed E-state index contributed by atoms with van der Waals surface area (Å²) < 4.78 is 1.91. The molecule has 4 rings (SSSR count). The predicted octanol–water partition coefficient (Wildman–Crippen LogP) is 2.80. The zero-order valence-electron chi connectivity index (χ0n) is 14.3. The number of nitrogens with two attached hydrogens (primary N) is 1. The van der Waals surface area contributed by atoms with Gasteiger partial charge in [-0.15, -0.1) is 0 Å². The molecule has 0 unspecified atom stereocenters. The summed E-state index contributed by atoms with van der Waals surface area (Å²) in [6.07, 6.45) is -1.11. The number of nitrogen functional groups attached to an aromatic ring is 1. The van der Waals surface area contributed by atoms with Crippen molar-refractivity contribution >= 4 is 39.5 Å². The molecule has 0 fully saturated rings. The minimum atomic E-state index is -1.11. The maximum atomic E-state index is 10.7. The molecule has 2 heterocycles. The zero-order valence-corrected chi connectivity index (χ0v) is 14.3. The van der Waals surface area contributed by atoms with E-state index in [9.17, 15) is 9.90 Å². The number of aliphatic hydroxyl groups is 1. The molecular formula is C19H17N5O3. The molecule has 2 aromatic carbocycles. The second-order valence-corrected chi connectivity index (χ2v) is 6.11. The highest BCUT2D eigenvalue weighted by Gasteiger charge is 2.17. The topological polar surface area (TPSA) is 126 Å². The molecule has 1 amide bonds. The largest absolute Gasteiger partial charge is 0.465 e. The van der Waals surface area contributed by atoms with Gasteiger partial charge in [-0.05, 0) is 23.8 Å². The van der Waals surface area contributed by atoms with Gasteiger partial charge in [-0.2, -0.15) is 0 Å². The summed E-state index contributed by atoms with van der Waals surface area (Å²) in [5, 5.41) is 21.8. The Morgan fingerprint density at radius 3 is 2.56 bits per heavy atom. The number of nitrogens with zero attached hydrogens (tertiary/aromatic N) is 3. The Morgan fingerprint density at radius 2 is 1.85 bits per heavy atom. The zero-order chi connectivity index (χ0) is 19.0. The third kappa shape index (κ3) is 3.02. The molecule has 0 saturated carbocycles. The van der Waals surface area contributed by atoms with Gasteiger partial charge in [0.2, 0.25) is 0 Å². The van der Waals surface area contributed by atoms with Crippen LogP contribution in [0.15, 0.2) is 48.5 Å². The molecule has 27 heavy (non-hydrogen) atoms. The maximum absolute atomic E-state index is 10.7. The van der Waals surface area contributed by atoms with Crippen LogP contribution in [0.2, 0.25) is 0 Å². The van der Waals surface area contributed by atoms with Crippen LogP contribution in [0.3, 0.4) is 0 Å². The van der Waals surface area contributed by atoms with Crippen LogP contribution in [0.5, 0.6) is 0 Å². The first-order valence-electron chi connectivity index (χ1n) is 8.30. The number of benzene rings is 2. The van der Waals surface area contributed by atoms with E-state index in [0.717, 1.165) is 22.0 Å². The van der Waals surface area contributed by atoms with Crippen molar-refractivity contribution in [3.63, 3.8) is 0 Å². The first-order valence-corrected chi connectivity index (χ1v) is 8.30. The monoisotopic (exact) mass is 363 g/mol. The van der Waals surface area contributed by atoms with Crippen molar-refractivity contribution < 1.29 is 15.0 Å². The Bertz CT molecular complexity index is 1150. The van der Waals surface area contributed by atoms with Crippen molar-refractivity contribution in [3.8, 4) is 0 Å². The molecule has 136 valence electrons. The molecule has 0 atom stereocenters. The third-order valence-electron chi connectivity index (χ3n) is 4.38. The van der Waals surface area contributed by atoms with Gasteiger partial charge < -0.3 is 20.5 Å². The number of imidazole rings is 1. The second-order valence-electron chi connectivity index (χ2n) is 6.11.